The Morgan fingerprint density at radius 1 is 1.55 bits per heavy atom. The normalized spacial score (nSPS) is 22.6. The lowest BCUT2D eigenvalue weighted by Gasteiger charge is -2.41. The molecule has 2 rings (SSSR count). The highest BCUT2D eigenvalue weighted by Crippen LogP contribution is 2.35. The fourth-order valence-corrected chi connectivity index (χ4v) is 2.67. The molecule has 0 aliphatic carbocycles. The number of nitrogens with zero attached hydrogens (tertiary/aromatic N) is 3. The van der Waals surface area contributed by atoms with E-state index in [1.807, 2.05) is 0 Å². The molecule has 1 aliphatic rings. The second-order valence-corrected chi connectivity index (χ2v) is 5.95. The van der Waals surface area contributed by atoms with Crippen LogP contribution < -0.4 is 10.6 Å². The van der Waals surface area contributed by atoms with E-state index in [1.54, 1.807) is 12.3 Å². The molecule has 1 aromatic heterocycles. The van der Waals surface area contributed by atoms with Gasteiger partial charge in [0.25, 0.3) is 0 Å². The third-order valence-electron chi connectivity index (χ3n) is 3.89. The van der Waals surface area contributed by atoms with E-state index in [0.717, 1.165) is 32.4 Å². The highest BCUT2D eigenvalue weighted by atomic mass is 16.3. The van der Waals surface area contributed by atoms with Gasteiger partial charge in [-0.15, -0.1) is 0 Å². The molecule has 0 radical (unpaired) electrons. The first-order valence-electron chi connectivity index (χ1n) is 7.12. The van der Waals surface area contributed by atoms with E-state index in [-0.39, 0.29) is 12.0 Å². The van der Waals surface area contributed by atoms with E-state index >= 15 is 0 Å². The van der Waals surface area contributed by atoms with Gasteiger partial charge in [0.15, 0.2) is 0 Å². The van der Waals surface area contributed by atoms with Gasteiger partial charge in [0, 0.05) is 24.7 Å². The molecule has 1 atom stereocenters. The summed E-state index contributed by atoms with van der Waals surface area (Å²) in [6.45, 7) is 6.06. The first kappa shape index (κ1) is 14.8. The number of nitrogens with two attached hydrogens (primary N) is 1. The van der Waals surface area contributed by atoms with Crippen LogP contribution >= 0.6 is 0 Å². The van der Waals surface area contributed by atoms with Gasteiger partial charge in [0.2, 0.25) is 5.95 Å². The van der Waals surface area contributed by atoms with Crippen molar-refractivity contribution < 1.29 is 5.11 Å². The van der Waals surface area contributed by atoms with Gasteiger partial charge in [-0.05, 0) is 39.2 Å². The third kappa shape index (κ3) is 3.48. The number of hydrogen-bond donors (Lipinski definition) is 2. The number of aliphatic hydroxyl groups excluding tert-OH is 1. The quantitative estimate of drug-likeness (QED) is 0.823. The molecule has 1 unspecified atom stereocenters. The van der Waals surface area contributed by atoms with Gasteiger partial charge in [0.1, 0.15) is 5.82 Å². The summed E-state index contributed by atoms with van der Waals surface area (Å²) in [6, 6.07) is 1.69. The lowest BCUT2D eigenvalue weighted by atomic mass is 9.77. The molecule has 0 bridgehead atoms. The van der Waals surface area contributed by atoms with Crippen molar-refractivity contribution in [1.82, 2.24) is 9.97 Å². The van der Waals surface area contributed by atoms with Crippen LogP contribution in [0.3, 0.4) is 0 Å². The topological polar surface area (TPSA) is 75.3 Å². The lowest BCUT2D eigenvalue weighted by Crippen LogP contribution is -2.46. The first-order chi connectivity index (χ1) is 9.54. The summed E-state index contributed by atoms with van der Waals surface area (Å²) in [7, 11) is 0. The Hall–Kier alpha value is -1.62. The zero-order chi connectivity index (χ0) is 14.6. The summed E-state index contributed by atoms with van der Waals surface area (Å²) in [5, 5.41) is 9.85. The molecule has 0 aromatic carbocycles. The fraction of sp³-hybridized carbons (Fsp3) is 0.600. The van der Waals surface area contributed by atoms with Crippen LogP contribution in [-0.2, 0) is 0 Å². The van der Waals surface area contributed by atoms with E-state index in [4.69, 9.17) is 5.73 Å². The van der Waals surface area contributed by atoms with Crippen LogP contribution in [0.4, 0.5) is 11.8 Å². The van der Waals surface area contributed by atoms with Crippen molar-refractivity contribution in [3.63, 3.8) is 0 Å². The van der Waals surface area contributed by atoms with Crippen molar-refractivity contribution in [2.45, 2.75) is 33.1 Å². The number of aliphatic hydroxyl groups is 1. The van der Waals surface area contributed by atoms with Crippen LogP contribution in [0.1, 0.15) is 33.1 Å². The molecule has 3 N–H and O–H groups in total. The van der Waals surface area contributed by atoms with Gasteiger partial charge in [-0.3, -0.25) is 0 Å². The molecule has 1 saturated heterocycles. The average Bonchev–Trinajstić information content (AvgIpc) is 2.45. The standard InChI is InChI=1S/C15H24N4O/c1-12(2)4-7-15(11-20)6-3-9-19(10-15)14-17-8-5-13(16)18-14/h4-5,8,20H,3,6-7,9-11H2,1-2H3,(H2,16,17,18). The van der Waals surface area contributed by atoms with Gasteiger partial charge in [0.05, 0.1) is 6.61 Å². The van der Waals surface area contributed by atoms with Crippen molar-refractivity contribution >= 4 is 11.8 Å². The first-order valence-corrected chi connectivity index (χ1v) is 7.12. The van der Waals surface area contributed by atoms with Gasteiger partial charge >= 0.3 is 0 Å². The maximum absolute atomic E-state index is 9.85. The summed E-state index contributed by atoms with van der Waals surface area (Å²) < 4.78 is 0. The van der Waals surface area contributed by atoms with Crippen LogP contribution in [0.15, 0.2) is 23.9 Å². The lowest BCUT2D eigenvalue weighted by molar-refractivity contribution is 0.107. The molecule has 20 heavy (non-hydrogen) atoms. The van der Waals surface area contributed by atoms with Crippen LogP contribution in [0.2, 0.25) is 0 Å². The van der Waals surface area contributed by atoms with Crippen LogP contribution in [-0.4, -0.2) is 34.8 Å². The summed E-state index contributed by atoms with van der Waals surface area (Å²) in [4.78, 5) is 10.7. The summed E-state index contributed by atoms with van der Waals surface area (Å²) in [5.74, 6) is 1.15. The predicted molar refractivity (Wildman–Crippen MR) is 81.5 cm³/mol. The smallest absolute Gasteiger partial charge is 0.227 e. The second-order valence-electron chi connectivity index (χ2n) is 5.95. The molecule has 1 aromatic rings. The van der Waals surface area contributed by atoms with E-state index in [9.17, 15) is 5.11 Å². The SMILES string of the molecule is CC(C)=CCC1(CO)CCCN(c2nccc(N)n2)C1. The Kier molecular flexibility index (Phi) is 4.60. The Morgan fingerprint density at radius 2 is 2.35 bits per heavy atom. The van der Waals surface area contributed by atoms with Gasteiger partial charge in [-0.1, -0.05) is 11.6 Å². The number of rotatable bonds is 4. The number of anilines is 2. The highest BCUT2D eigenvalue weighted by molar-refractivity contribution is 5.38. The molecule has 5 nitrogen and oxygen atoms in total. The average molecular weight is 276 g/mol. The number of piperidine rings is 1. The zero-order valence-electron chi connectivity index (χ0n) is 12.3. The monoisotopic (exact) mass is 276 g/mol. The van der Waals surface area contributed by atoms with Crippen LogP contribution in [0, 0.1) is 5.41 Å². The molecular formula is C15H24N4O. The fourth-order valence-electron chi connectivity index (χ4n) is 2.67. The molecular weight excluding hydrogens is 252 g/mol. The highest BCUT2D eigenvalue weighted by Gasteiger charge is 2.35. The largest absolute Gasteiger partial charge is 0.396 e. The summed E-state index contributed by atoms with van der Waals surface area (Å²) in [6.07, 6.45) is 6.86. The van der Waals surface area contributed by atoms with Crippen molar-refractivity contribution in [3.8, 4) is 0 Å². The van der Waals surface area contributed by atoms with Crippen LogP contribution in [0.25, 0.3) is 0 Å². The Labute approximate surface area is 120 Å². The van der Waals surface area contributed by atoms with Gasteiger partial charge in [-0.2, -0.15) is 4.98 Å². The number of allylic oxidation sites excluding steroid dienone is 2. The minimum absolute atomic E-state index is 0.0938. The molecule has 110 valence electrons. The van der Waals surface area contributed by atoms with Gasteiger partial charge in [-0.25, -0.2) is 4.98 Å². The van der Waals surface area contributed by atoms with Crippen molar-refractivity contribution in [3.05, 3.63) is 23.9 Å². The second kappa shape index (κ2) is 6.22. The molecule has 1 fully saturated rings. The van der Waals surface area contributed by atoms with Gasteiger partial charge < -0.3 is 15.7 Å². The van der Waals surface area contributed by atoms with E-state index in [1.165, 1.54) is 5.57 Å². The molecule has 0 amide bonds. The predicted octanol–water partition coefficient (Wildman–Crippen LogP) is 1.99. The maximum Gasteiger partial charge on any atom is 0.227 e. The van der Waals surface area contributed by atoms with Crippen LogP contribution in [0.5, 0.6) is 0 Å². The Morgan fingerprint density at radius 3 is 3.00 bits per heavy atom. The van der Waals surface area contributed by atoms with E-state index in [0.29, 0.717) is 11.8 Å². The molecule has 5 heteroatoms. The van der Waals surface area contributed by atoms with Crippen molar-refractivity contribution in [2.24, 2.45) is 5.41 Å². The zero-order valence-corrected chi connectivity index (χ0v) is 12.3. The van der Waals surface area contributed by atoms with E-state index in [2.05, 4.69) is 34.8 Å². The summed E-state index contributed by atoms with van der Waals surface area (Å²) in [5.41, 5.74) is 6.92. The molecule has 1 aliphatic heterocycles. The Bertz CT molecular complexity index is 485. The number of hydrogen-bond acceptors (Lipinski definition) is 5. The number of nitrogen functional groups attached to an aromatic ring is 1. The number of aromatic nitrogens is 2. The molecule has 0 spiro atoms. The van der Waals surface area contributed by atoms with Crippen molar-refractivity contribution in [1.29, 1.82) is 0 Å². The Balaban J connectivity index is 2.16. The summed E-state index contributed by atoms with van der Waals surface area (Å²) >= 11 is 0. The molecule has 0 saturated carbocycles. The minimum Gasteiger partial charge on any atom is -0.396 e. The molecule has 2 heterocycles. The maximum atomic E-state index is 9.85. The van der Waals surface area contributed by atoms with Crippen molar-refractivity contribution in [2.75, 3.05) is 30.3 Å². The third-order valence-corrected chi connectivity index (χ3v) is 3.89. The minimum atomic E-state index is -0.0938. The van der Waals surface area contributed by atoms with E-state index < -0.39 is 0 Å².